The van der Waals surface area contributed by atoms with Crippen LogP contribution in [0.5, 0.6) is 0 Å². The van der Waals surface area contributed by atoms with E-state index >= 15 is 0 Å². The predicted molar refractivity (Wildman–Crippen MR) is 70.8 cm³/mol. The fourth-order valence-electron chi connectivity index (χ4n) is 2.88. The average molecular weight is 233 g/mol. The zero-order valence-corrected chi connectivity index (χ0v) is 10.7. The maximum atomic E-state index is 10.8. The number of benzene rings is 1. The van der Waals surface area contributed by atoms with E-state index in [9.17, 15) is 5.11 Å². The molecule has 3 N–H and O–H groups in total. The van der Waals surface area contributed by atoms with E-state index in [1.54, 1.807) is 0 Å². The summed E-state index contributed by atoms with van der Waals surface area (Å²) in [6, 6.07) is 7.88. The second-order valence-electron chi connectivity index (χ2n) is 5.35. The van der Waals surface area contributed by atoms with Gasteiger partial charge >= 0.3 is 0 Å². The van der Waals surface area contributed by atoms with Crippen molar-refractivity contribution in [3.05, 3.63) is 35.4 Å². The van der Waals surface area contributed by atoms with E-state index in [2.05, 4.69) is 13.0 Å². The number of hydrogen-bond acceptors (Lipinski definition) is 2. The number of hydrogen-bond donors (Lipinski definition) is 2. The number of aliphatic hydroxyl groups is 1. The van der Waals surface area contributed by atoms with Crippen LogP contribution in [0.15, 0.2) is 24.3 Å². The van der Waals surface area contributed by atoms with Gasteiger partial charge in [0.15, 0.2) is 0 Å². The van der Waals surface area contributed by atoms with Crippen molar-refractivity contribution in [3.8, 4) is 0 Å². The molecule has 1 aromatic carbocycles. The standard InChI is InChI=1S/C15H23NO/c1-12-8-4-5-9-13(12)14(16)15(17)10-6-2-3-7-11-15/h4-5,8-9,14,17H,2-3,6-7,10-11,16H2,1H3. The molecule has 1 atom stereocenters. The molecule has 94 valence electrons. The Labute approximate surface area is 104 Å². The predicted octanol–water partition coefficient (Wildman–Crippen LogP) is 3.08. The molecule has 0 aromatic heterocycles. The third-order valence-electron chi connectivity index (χ3n) is 4.07. The van der Waals surface area contributed by atoms with Gasteiger partial charge in [0.25, 0.3) is 0 Å². The highest BCUT2D eigenvalue weighted by Gasteiger charge is 2.35. The zero-order valence-electron chi connectivity index (χ0n) is 10.7. The van der Waals surface area contributed by atoms with Crippen LogP contribution >= 0.6 is 0 Å². The molecule has 0 saturated heterocycles. The van der Waals surface area contributed by atoms with E-state index in [1.807, 2.05) is 18.2 Å². The van der Waals surface area contributed by atoms with Gasteiger partial charge in [-0.1, -0.05) is 49.9 Å². The van der Waals surface area contributed by atoms with E-state index in [-0.39, 0.29) is 6.04 Å². The first-order valence-electron chi connectivity index (χ1n) is 6.67. The fraction of sp³-hybridized carbons (Fsp3) is 0.600. The minimum absolute atomic E-state index is 0.248. The van der Waals surface area contributed by atoms with Crippen molar-refractivity contribution in [2.24, 2.45) is 5.73 Å². The molecular weight excluding hydrogens is 210 g/mol. The first-order valence-corrected chi connectivity index (χ1v) is 6.67. The number of aryl methyl sites for hydroxylation is 1. The van der Waals surface area contributed by atoms with Gasteiger partial charge in [0.2, 0.25) is 0 Å². The summed E-state index contributed by atoms with van der Waals surface area (Å²) in [5, 5.41) is 10.8. The largest absolute Gasteiger partial charge is 0.388 e. The molecule has 1 saturated carbocycles. The Morgan fingerprint density at radius 2 is 1.71 bits per heavy atom. The SMILES string of the molecule is Cc1ccccc1C(N)C1(O)CCCCCC1. The normalized spacial score (nSPS) is 21.8. The lowest BCUT2D eigenvalue weighted by Gasteiger charge is -2.34. The summed E-state index contributed by atoms with van der Waals surface area (Å²) >= 11 is 0. The van der Waals surface area contributed by atoms with Crippen molar-refractivity contribution < 1.29 is 5.11 Å². The molecule has 1 aromatic rings. The molecule has 0 aliphatic heterocycles. The second-order valence-corrected chi connectivity index (χ2v) is 5.35. The smallest absolute Gasteiger partial charge is 0.0839 e. The maximum Gasteiger partial charge on any atom is 0.0839 e. The van der Waals surface area contributed by atoms with E-state index < -0.39 is 5.60 Å². The van der Waals surface area contributed by atoms with Gasteiger partial charge in [-0.15, -0.1) is 0 Å². The van der Waals surface area contributed by atoms with E-state index in [0.717, 1.165) is 31.2 Å². The lowest BCUT2D eigenvalue weighted by molar-refractivity contribution is -0.00140. The molecule has 1 aliphatic carbocycles. The molecule has 0 amide bonds. The van der Waals surface area contributed by atoms with Gasteiger partial charge in [-0.2, -0.15) is 0 Å². The van der Waals surface area contributed by atoms with E-state index in [0.29, 0.717) is 0 Å². The van der Waals surface area contributed by atoms with Crippen molar-refractivity contribution in [2.75, 3.05) is 0 Å². The summed E-state index contributed by atoms with van der Waals surface area (Å²) in [7, 11) is 0. The Hall–Kier alpha value is -0.860. The van der Waals surface area contributed by atoms with Gasteiger partial charge in [0, 0.05) is 0 Å². The zero-order chi connectivity index (χ0) is 12.3. The van der Waals surface area contributed by atoms with Gasteiger partial charge in [0.05, 0.1) is 11.6 Å². The first-order chi connectivity index (χ1) is 8.13. The minimum Gasteiger partial charge on any atom is -0.388 e. The molecule has 1 unspecified atom stereocenters. The van der Waals surface area contributed by atoms with Crippen LogP contribution in [0, 0.1) is 6.92 Å². The van der Waals surface area contributed by atoms with Crippen LogP contribution in [0.25, 0.3) is 0 Å². The van der Waals surface area contributed by atoms with Crippen molar-refractivity contribution >= 4 is 0 Å². The van der Waals surface area contributed by atoms with Crippen LogP contribution < -0.4 is 5.73 Å². The van der Waals surface area contributed by atoms with Crippen LogP contribution in [0.1, 0.15) is 55.7 Å². The molecule has 17 heavy (non-hydrogen) atoms. The Balaban J connectivity index is 2.23. The van der Waals surface area contributed by atoms with Crippen LogP contribution in [0.2, 0.25) is 0 Å². The third-order valence-corrected chi connectivity index (χ3v) is 4.07. The highest BCUT2D eigenvalue weighted by molar-refractivity contribution is 5.30. The van der Waals surface area contributed by atoms with Crippen LogP contribution in [-0.4, -0.2) is 10.7 Å². The summed E-state index contributed by atoms with van der Waals surface area (Å²) in [5.41, 5.74) is 7.89. The van der Waals surface area contributed by atoms with Crippen molar-refractivity contribution in [1.82, 2.24) is 0 Å². The summed E-state index contributed by atoms with van der Waals surface area (Å²) in [5.74, 6) is 0. The second kappa shape index (κ2) is 5.19. The Morgan fingerprint density at radius 3 is 2.29 bits per heavy atom. The molecule has 2 heteroatoms. The highest BCUT2D eigenvalue weighted by atomic mass is 16.3. The van der Waals surface area contributed by atoms with Gasteiger partial charge < -0.3 is 10.8 Å². The first kappa shape index (κ1) is 12.6. The lowest BCUT2D eigenvalue weighted by atomic mass is 9.82. The van der Waals surface area contributed by atoms with Crippen molar-refractivity contribution in [3.63, 3.8) is 0 Å². The van der Waals surface area contributed by atoms with Crippen molar-refractivity contribution in [1.29, 1.82) is 0 Å². The van der Waals surface area contributed by atoms with E-state index in [4.69, 9.17) is 5.73 Å². The molecular formula is C15H23NO. The summed E-state index contributed by atoms with van der Waals surface area (Å²) in [4.78, 5) is 0. The van der Waals surface area contributed by atoms with Crippen LogP contribution in [0.3, 0.4) is 0 Å². The monoisotopic (exact) mass is 233 g/mol. The topological polar surface area (TPSA) is 46.2 Å². The van der Waals surface area contributed by atoms with Crippen LogP contribution in [-0.2, 0) is 0 Å². The fourth-order valence-corrected chi connectivity index (χ4v) is 2.88. The molecule has 1 aliphatic rings. The molecule has 0 spiro atoms. The quantitative estimate of drug-likeness (QED) is 0.771. The summed E-state index contributed by atoms with van der Waals surface area (Å²) in [6.07, 6.45) is 6.31. The molecule has 1 fully saturated rings. The van der Waals surface area contributed by atoms with Gasteiger partial charge in [0.1, 0.15) is 0 Å². The highest BCUT2D eigenvalue weighted by Crippen LogP contribution is 2.36. The summed E-state index contributed by atoms with van der Waals surface area (Å²) in [6.45, 7) is 2.06. The minimum atomic E-state index is -0.706. The van der Waals surface area contributed by atoms with Gasteiger partial charge in [-0.25, -0.2) is 0 Å². The molecule has 2 rings (SSSR count). The molecule has 2 nitrogen and oxygen atoms in total. The van der Waals surface area contributed by atoms with Crippen molar-refractivity contribution in [2.45, 2.75) is 57.1 Å². The molecule has 0 bridgehead atoms. The van der Waals surface area contributed by atoms with Gasteiger partial charge in [-0.3, -0.25) is 0 Å². The maximum absolute atomic E-state index is 10.8. The van der Waals surface area contributed by atoms with E-state index in [1.165, 1.54) is 18.4 Å². The number of rotatable bonds is 2. The summed E-state index contributed by atoms with van der Waals surface area (Å²) < 4.78 is 0. The lowest BCUT2D eigenvalue weighted by Crippen LogP contribution is -2.41. The molecule has 0 radical (unpaired) electrons. The average Bonchev–Trinajstić information content (AvgIpc) is 2.55. The van der Waals surface area contributed by atoms with Crippen LogP contribution in [0.4, 0.5) is 0 Å². The third kappa shape index (κ3) is 2.70. The Morgan fingerprint density at radius 1 is 1.12 bits per heavy atom. The Kier molecular flexibility index (Phi) is 3.85. The van der Waals surface area contributed by atoms with Gasteiger partial charge in [-0.05, 0) is 30.9 Å². The number of nitrogens with two attached hydrogens (primary N) is 1. The Bertz CT molecular complexity index is 367. The molecule has 0 heterocycles.